The lowest BCUT2D eigenvalue weighted by atomic mass is 9.98. The fraction of sp³-hybridized carbons (Fsp3) is 0.500. The molecule has 1 aromatic carbocycles. The summed E-state index contributed by atoms with van der Waals surface area (Å²) in [6, 6.07) is 7.95. The summed E-state index contributed by atoms with van der Waals surface area (Å²) < 4.78 is 5.45. The maximum Gasteiger partial charge on any atom is 0.258 e. The van der Waals surface area contributed by atoms with Gasteiger partial charge in [-0.05, 0) is 37.0 Å². The fourth-order valence-electron chi connectivity index (χ4n) is 3.67. The molecule has 0 bridgehead atoms. The summed E-state index contributed by atoms with van der Waals surface area (Å²) in [5.41, 5.74) is 7.90. The molecular weight excluding hydrogens is 340 g/mol. The number of hydrogen-bond acceptors (Lipinski definition) is 5. The van der Waals surface area contributed by atoms with E-state index in [-0.39, 0.29) is 18.3 Å². The molecule has 25 heavy (non-hydrogen) atoms. The third kappa shape index (κ3) is 3.55. The molecule has 1 aromatic heterocycles. The molecule has 7 heteroatoms. The van der Waals surface area contributed by atoms with Gasteiger partial charge in [-0.2, -0.15) is 4.98 Å². The highest BCUT2D eigenvalue weighted by atomic mass is 35.5. The standard InChI is InChI=1S/C18H22N4O2.ClH/c19-18(8-1-2-9-18)17-20-16(24-21-17)14-6-3-5-13(11-14)12-22-10-4-7-15(22)23;/h3,5-6,11H,1-2,4,7-10,12,19H2;1H. The fourth-order valence-corrected chi connectivity index (χ4v) is 3.67. The maximum absolute atomic E-state index is 11.8. The largest absolute Gasteiger partial charge is 0.338 e. The number of carbonyl (C=O) groups is 1. The second kappa shape index (κ2) is 7.14. The summed E-state index contributed by atoms with van der Waals surface area (Å²) in [7, 11) is 0. The van der Waals surface area contributed by atoms with Crippen molar-refractivity contribution in [2.24, 2.45) is 5.73 Å². The Balaban J connectivity index is 0.00000182. The number of aromatic nitrogens is 2. The van der Waals surface area contributed by atoms with Crippen LogP contribution in [0, 0.1) is 0 Å². The highest BCUT2D eigenvalue weighted by Crippen LogP contribution is 2.35. The van der Waals surface area contributed by atoms with Crippen LogP contribution in [0.4, 0.5) is 0 Å². The second-order valence-electron chi connectivity index (χ2n) is 6.91. The van der Waals surface area contributed by atoms with Crippen molar-refractivity contribution in [3.05, 3.63) is 35.7 Å². The molecule has 2 aromatic rings. The molecule has 1 amide bonds. The highest BCUT2D eigenvalue weighted by molar-refractivity contribution is 5.85. The zero-order valence-electron chi connectivity index (χ0n) is 14.1. The van der Waals surface area contributed by atoms with E-state index in [9.17, 15) is 4.79 Å². The molecule has 2 aliphatic rings. The van der Waals surface area contributed by atoms with Crippen LogP contribution in [0.1, 0.15) is 49.9 Å². The minimum Gasteiger partial charge on any atom is -0.338 e. The third-order valence-electron chi connectivity index (χ3n) is 5.09. The first-order valence-electron chi connectivity index (χ1n) is 8.64. The van der Waals surface area contributed by atoms with E-state index in [2.05, 4.69) is 10.1 Å². The van der Waals surface area contributed by atoms with Crippen LogP contribution in [0.25, 0.3) is 11.5 Å². The Morgan fingerprint density at radius 1 is 1.24 bits per heavy atom. The van der Waals surface area contributed by atoms with Gasteiger partial charge < -0.3 is 15.2 Å². The molecule has 0 radical (unpaired) electrons. The molecule has 6 nitrogen and oxygen atoms in total. The van der Waals surface area contributed by atoms with E-state index in [4.69, 9.17) is 10.3 Å². The van der Waals surface area contributed by atoms with Crippen molar-refractivity contribution in [2.45, 2.75) is 50.6 Å². The van der Waals surface area contributed by atoms with Crippen molar-refractivity contribution in [3.63, 3.8) is 0 Å². The minimum atomic E-state index is -0.443. The number of halogens is 1. The van der Waals surface area contributed by atoms with Gasteiger partial charge in [-0.15, -0.1) is 12.4 Å². The van der Waals surface area contributed by atoms with Gasteiger partial charge >= 0.3 is 0 Å². The van der Waals surface area contributed by atoms with Crippen LogP contribution in [0.2, 0.25) is 0 Å². The molecule has 1 aliphatic heterocycles. The SMILES string of the molecule is Cl.NC1(c2noc(-c3cccc(CN4CCCC4=O)c3)n2)CCCC1. The number of nitrogens with zero attached hydrogens (tertiary/aromatic N) is 3. The third-order valence-corrected chi connectivity index (χ3v) is 5.09. The summed E-state index contributed by atoms with van der Waals surface area (Å²) in [5.74, 6) is 1.33. The van der Waals surface area contributed by atoms with Crippen LogP contribution in [-0.4, -0.2) is 27.5 Å². The van der Waals surface area contributed by atoms with Gasteiger partial charge in [0.2, 0.25) is 5.91 Å². The van der Waals surface area contributed by atoms with Gasteiger partial charge in [0.15, 0.2) is 5.82 Å². The van der Waals surface area contributed by atoms with E-state index in [1.54, 1.807) is 0 Å². The van der Waals surface area contributed by atoms with E-state index in [1.807, 2.05) is 29.2 Å². The number of carbonyl (C=O) groups excluding carboxylic acids is 1. The van der Waals surface area contributed by atoms with Crippen molar-refractivity contribution >= 4 is 18.3 Å². The first-order chi connectivity index (χ1) is 11.6. The molecule has 1 saturated carbocycles. The van der Waals surface area contributed by atoms with E-state index < -0.39 is 5.54 Å². The normalized spacial score (nSPS) is 19.2. The lowest BCUT2D eigenvalue weighted by Crippen LogP contribution is -2.34. The first-order valence-corrected chi connectivity index (χ1v) is 8.64. The monoisotopic (exact) mass is 362 g/mol. The Labute approximate surface area is 153 Å². The Bertz CT molecular complexity index is 755. The van der Waals surface area contributed by atoms with Crippen molar-refractivity contribution in [1.82, 2.24) is 15.0 Å². The average Bonchev–Trinajstić information content (AvgIpc) is 3.30. The van der Waals surface area contributed by atoms with Gasteiger partial charge in [-0.25, -0.2) is 0 Å². The van der Waals surface area contributed by atoms with Crippen molar-refractivity contribution in [3.8, 4) is 11.5 Å². The Hall–Kier alpha value is -1.92. The lowest BCUT2D eigenvalue weighted by molar-refractivity contribution is -0.128. The molecule has 2 fully saturated rings. The molecule has 134 valence electrons. The summed E-state index contributed by atoms with van der Waals surface area (Å²) in [6.07, 6.45) is 5.64. The van der Waals surface area contributed by atoms with E-state index in [0.29, 0.717) is 24.7 Å². The van der Waals surface area contributed by atoms with Gasteiger partial charge in [0.05, 0.1) is 5.54 Å². The molecule has 4 rings (SSSR count). The predicted molar refractivity (Wildman–Crippen MR) is 96.0 cm³/mol. The Morgan fingerprint density at radius 3 is 2.76 bits per heavy atom. The zero-order valence-corrected chi connectivity index (χ0v) is 14.9. The van der Waals surface area contributed by atoms with E-state index in [0.717, 1.165) is 49.8 Å². The quantitative estimate of drug-likeness (QED) is 0.903. The van der Waals surface area contributed by atoms with E-state index in [1.165, 1.54) is 0 Å². The van der Waals surface area contributed by atoms with Gasteiger partial charge in [0.25, 0.3) is 5.89 Å². The summed E-state index contributed by atoms with van der Waals surface area (Å²) >= 11 is 0. The maximum atomic E-state index is 11.8. The number of likely N-dealkylation sites (tertiary alicyclic amines) is 1. The number of hydrogen-bond donors (Lipinski definition) is 1. The van der Waals surface area contributed by atoms with Crippen LogP contribution >= 0.6 is 12.4 Å². The first kappa shape index (κ1) is 17.9. The molecule has 2 N–H and O–H groups in total. The zero-order chi connectivity index (χ0) is 16.6. The Kier molecular flexibility index (Phi) is 5.11. The topological polar surface area (TPSA) is 85.2 Å². The number of rotatable bonds is 4. The lowest BCUT2D eigenvalue weighted by Gasteiger charge is -2.17. The highest BCUT2D eigenvalue weighted by Gasteiger charge is 2.36. The summed E-state index contributed by atoms with van der Waals surface area (Å²) in [4.78, 5) is 18.2. The van der Waals surface area contributed by atoms with Crippen LogP contribution in [0.15, 0.2) is 28.8 Å². The predicted octanol–water partition coefficient (Wildman–Crippen LogP) is 3.01. The van der Waals surface area contributed by atoms with Gasteiger partial charge in [-0.1, -0.05) is 30.1 Å². The summed E-state index contributed by atoms with van der Waals surface area (Å²) in [6.45, 7) is 1.47. The van der Waals surface area contributed by atoms with E-state index >= 15 is 0 Å². The van der Waals surface area contributed by atoms with Crippen LogP contribution in [0.5, 0.6) is 0 Å². The number of benzene rings is 1. The van der Waals surface area contributed by atoms with Crippen LogP contribution in [0.3, 0.4) is 0 Å². The molecule has 0 atom stereocenters. The summed E-state index contributed by atoms with van der Waals surface area (Å²) in [5, 5.41) is 4.12. The van der Waals surface area contributed by atoms with Gasteiger partial charge in [0.1, 0.15) is 0 Å². The average molecular weight is 363 g/mol. The molecule has 0 unspecified atom stereocenters. The van der Waals surface area contributed by atoms with Crippen molar-refractivity contribution in [2.75, 3.05) is 6.54 Å². The molecule has 1 saturated heterocycles. The number of nitrogens with two attached hydrogens (primary N) is 1. The van der Waals surface area contributed by atoms with Crippen LogP contribution < -0.4 is 5.73 Å². The molecule has 1 aliphatic carbocycles. The van der Waals surface area contributed by atoms with Crippen molar-refractivity contribution in [1.29, 1.82) is 0 Å². The second-order valence-corrected chi connectivity index (χ2v) is 6.91. The van der Waals surface area contributed by atoms with Gasteiger partial charge in [0, 0.05) is 25.1 Å². The molecular formula is C18H23ClN4O2. The minimum absolute atomic E-state index is 0. The molecule has 2 heterocycles. The Morgan fingerprint density at radius 2 is 2.04 bits per heavy atom. The smallest absolute Gasteiger partial charge is 0.258 e. The molecule has 0 spiro atoms. The van der Waals surface area contributed by atoms with Crippen molar-refractivity contribution < 1.29 is 9.32 Å². The van der Waals surface area contributed by atoms with Gasteiger partial charge in [-0.3, -0.25) is 4.79 Å². The number of amides is 1. The van der Waals surface area contributed by atoms with Crippen LogP contribution in [-0.2, 0) is 16.9 Å².